The van der Waals surface area contributed by atoms with E-state index in [1.807, 2.05) is 86.0 Å². The van der Waals surface area contributed by atoms with Crippen molar-refractivity contribution < 1.29 is 17.6 Å². The van der Waals surface area contributed by atoms with Gasteiger partial charge in [0.1, 0.15) is 23.3 Å². The Morgan fingerprint density at radius 3 is 0.812 bits per heavy atom. The molecule has 0 saturated carbocycles. The fourth-order valence-electron chi connectivity index (χ4n) is 10.0. The maximum Gasteiger partial charge on any atom is 0.128 e. The van der Waals surface area contributed by atoms with Gasteiger partial charge in [0.2, 0.25) is 0 Å². The number of aryl methyl sites for hydroxylation is 4. The highest BCUT2D eigenvalue weighted by atomic mass is 19.1. The first-order valence-corrected chi connectivity index (χ1v) is 21.3. The minimum atomic E-state index is -0.648. The molecule has 0 radical (unpaired) electrons. The molecule has 310 valence electrons. The second-order valence-electron chi connectivity index (χ2n) is 17.1. The van der Waals surface area contributed by atoms with Gasteiger partial charge in [0.25, 0.3) is 0 Å². The van der Waals surface area contributed by atoms with E-state index in [2.05, 4.69) is 84.9 Å². The van der Waals surface area contributed by atoms with Crippen LogP contribution in [0.15, 0.2) is 170 Å². The molecule has 6 heteroatoms. The van der Waals surface area contributed by atoms with Gasteiger partial charge in [-0.3, -0.25) is 0 Å². The van der Waals surface area contributed by atoms with E-state index >= 15 is 0 Å². The van der Waals surface area contributed by atoms with Crippen molar-refractivity contribution in [3.8, 4) is 0 Å². The third kappa shape index (κ3) is 6.65. The lowest BCUT2D eigenvalue weighted by Gasteiger charge is -2.27. The smallest absolute Gasteiger partial charge is 0.128 e. The van der Waals surface area contributed by atoms with Gasteiger partial charge >= 0.3 is 0 Å². The van der Waals surface area contributed by atoms with Crippen molar-refractivity contribution >= 4 is 98.8 Å². The van der Waals surface area contributed by atoms with E-state index in [9.17, 15) is 17.6 Å². The number of hydrogen-bond donors (Lipinski definition) is 0. The van der Waals surface area contributed by atoms with Crippen LogP contribution in [0.1, 0.15) is 22.3 Å². The Bertz CT molecular complexity index is 3310. The fraction of sp³-hybridized carbons (Fsp3) is 0.0690. The molecule has 0 aromatic heterocycles. The third-order valence-electron chi connectivity index (χ3n) is 12.4. The van der Waals surface area contributed by atoms with E-state index < -0.39 is 23.3 Å². The third-order valence-corrected chi connectivity index (χ3v) is 12.4. The molecule has 2 nitrogen and oxygen atoms in total. The zero-order chi connectivity index (χ0) is 44.0. The summed E-state index contributed by atoms with van der Waals surface area (Å²) in [5, 5.41) is 12.7. The van der Waals surface area contributed by atoms with Crippen LogP contribution in [0, 0.1) is 51.0 Å². The minimum Gasteiger partial charge on any atom is -0.310 e. The number of hydrogen-bond acceptors (Lipinski definition) is 2. The Kier molecular flexibility index (Phi) is 9.17. The number of benzene rings is 11. The number of nitrogens with zero attached hydrogens (tertiary/aromatic N) is 2. The lowest BCUT2D eigenvalue weighted by atomic mass is 9.88. The van der Waals surface area contributed by atoms with Gasteiger partial charge in [0.05, 0.1) is 11.4 Å². The Morgan fingerprint density at radius 1 is 0.234 bits per heavy atom. The van der Waals surface area contributed by atoms with Crippen LogP contribution in [0.4, 0.5) is 51.7 Å². The van der Waals surface area contributed by atoms with Gasteiger partial charge < -0.3 is 9.80 Å². The summed E-state index contributed by atoms with van der Waals surface area (Å²) in [7, 11) is 0. The predicted octanol–water partition coefficient (Wildman–Crippen LogP) is 17.3. The fourth-order valence-corrected chi connectivity index (χ4v) is 10.0. The largest absolute Gasteiger partial charge is 0.310 e. The van der Waals surface area contributed by atoms with Gasteiger partial charge in [-0.1, -0.05) is 72.8 Å². The standard InChI is InChI=1S/C58H40F4N2/c1-33-17-34(2)20-43(19-33)63(45-25-37(59)23-38(60)26-45)41-13-15-51-53(29-41)47-9-5-7-11-49(47)55-32-58-52-16-14-42(30-54(52)48-10-6-8-12-50(48)56(58)31-57(51)55)64(44-21-35(3)18-36(4)22-44)46-27-39(61)24-40(62)28-46/h5-32H,1-4H3. The maximum atomic E-state index is 14.9. The highest BCUT2D eigenvalue weighted by molar-refractivity contribution is 6.33. The van der Waals surface area contributed by atoms with Gasteiger partial charge in [0, 0.05) is 34.9 Å². The number of anilines is 6. The molecular weight excluding hydrogens is 801 g/mol. The summed E-state index contributed by atoms with van der Waals surface area (Å²) in [4.78, 5) is 3.84. The summed E-state index contributed by atoms with van der Waals surface area (Å²) in [5.41, 5.74) is 8.09. The van der Waals surface area contributed by atoms with Gasteiger partial charge in [0.15, 0.2) is 0 Å². The number of halogens is 4. The van der Waals surface area contributed by atoms with Crippen LogP contribution >= 0.6 is 0 Å². The van der Waals surface area contributed by atoms with Crippen LogP contribution in [-0.4, -0.2) is 0 Å². The summed E-state index contributed by atoms with van der Waals surface area (Å²) in [6.07, 6.45) is 0. The van der Waals surface area contributed by atoms with Crippen LogP contribution in [0.25, 0.3) is 64.6 Å². The van der Waals surface area contributed by atoms with Gasteiger partial charge in [-0.15, -0.1) is 0 Å². The van der Waals surface area contributed by atoms with Gasteiger partial charge in [-0.25, -0.2) is 17.6 Å². The van der Waals surface area contributed by atoms with E-state index in [-0.39, 0.29) is 0 Å². The Labute approximate surface area is 367 Å². The molecule has 0 spiro atoms. The molecule has 0 heterocycles. The normalized spacial score (nSPS) is 11.8. The van der Waals surface area contributed by atoms with Crippen molar-refractivity contribution in [3.05, 3.63) is 215 Å². The summed E-state index contributed by atoms with van der Waals surface area (Å²) in [6, 6.07) is 53.5. The molecule has 0 bridgehead atoms. The molecule has 11 aromatic carbocycles. The van der Waals surface area contributed by atoms with E-state index in [4.69, 9.17) is 0 Å². The van der Waals surface area contributed by atoms with Crippen LogP contribution in [0.3, 0.4) is 0 Å². The molecule has 0 amide bonds. The van der Waals surface area contributed by atoms with Crippen LogP contribution in [-0.2, 0) is 0 Å². The lowest BCUT2D eigenvalue weighted by Crippen LogP contribution is -2.11. The van der Waals surface area contributed by atoms with E-state index in [0.717, 1.165) is 122 Å². The van der Waals surface area contributed by atoms with Crippen LogP contribution in [0.2, 0.25) is 0 Å². The monoisotopic (exact) mass is 840 g/mol. The molecular formula is C58H40F4N2. The zero-order valence-electron chi connectivity index (χ0n) is 35.6. The predicted molar refractivity (Wildman–Crippen MR) is 260 cm³/mol. The molecule has 0 aliphatic rings. The molecule has 0 atom stereocenters. The first-order valence-electron chi connectivity index (χ1n) is 21.3. The Morgan fingerprint density at radius 2 is 0.500 bits per heavy atom. The highest BCUT2D eigenvalue weighted by Crippen LogP contribution is 2.46. The number of rotatable bonds is 6. The summed E-state index contributed by atoms with van der Waals surface area (Å²) in [5.74, 6) is -2.59. The van der Waals surface area contributed by atoms with E-state index in [0.29, 0.717) is 11.4 Å². The number of fused-ring (bicyclic) bond motifs is 12. The van der Waals surface area contributed by atoms with Crippen LogP contribution in [0.5, 0.6) is 0 Å². The molecule has 0 aliphatic carbocycles. The molecule has 0 fully saturated rings. The lowest BCUT2D eigenvalue weighted by molar-refractivity contribution is 0.583. The average molecular weight is 841 g/mol. The average Bonchev–Trinajstić information content (AvgIpc) is 3.25. The second kappa shape index (κ2) is 15.0. The zero-order valence-corrected chi connectivity index (χ0v) is 35.6. The second-order valence-corrected chi connectivity index (χ2v) is 17.1. The molecule has 0 saturated heterocycles. The minimum absolute atomic E-state index is 0.389. The van der Waals surface area contributed by atoms with Crippen molar-refractivity contribution in [3.63, 3.8) is 0 Å². The van der Waals surface area contributed by atoms with Gasteiger partial charge in [-0.05, 0) is 200 Å². The molecule has 0 aliphatic heterocycles. The van der Waals surface area contributed by atoms with Crippen molar-refractivity contribution in [2.45, 2.75) is 27.7 Å². The summed E-state index contributed by atoms with van der Waals surface area (Å²) in [6.45, 7) is 8.08. The Hall–Kier alpha value is -7.70. The van der Waals surface area contributed by atoms with Crippen LogP contribution < -0.4 is 9.80 Å². The SMILES string of the molecule is Cc1cc(C)cc(N(c2cc(F)cc(F)c2)c2ccc3c(c2)c2ccccc2c2cc4c5ccc(N(c6cc(C)cc(C)c6)c6cc(F)cc(F)c6)cc5c5ccccc5c4cc32)c1. The van der Waals surface area contributed by atoms with E-state index in [1.165, 1.54) is 24.3 Å². The van der Waals surface area contributed by atoms with Gasteiger partial charge in [-0.2, -0.15) is 0 Å². The molecule has 11 rings (SSSR count). The van der Waals surface area contributed by atoms with E-state index in [1.54, 1.807) is 0 Å². The topological polar surface area (TPSA) is 6.48 Å². The highest BCUT2D eigenvalue weighted by Gasteiger charge is 2.21. The van der Waals surface area contributed by atoms with Crippen molar-refractivity contribution in [2.75, 3.05) is 9.80 Å². The molecule has 0 unspecified atom stereocenters. The van der Waals surface area contributed by atoms with Crippen molar-refractivity contribution in [1.29, 1.82) is 0 Å². The summed E-state index contributed by atoms with van der Waals surface area (Å²) < 4.78 is 59.6. The maximum absolute atomic E-state index is 14.9. The molecule has 0 N–H and O–H groups in total. The molecule has 64 heavy (non-hydrogen) atoms. The van der Waals surface area contributed by atoms with Crippen molar-refractivity contribution in [2.24, 2.45) is 0 Å². The molecule has 11 aromatic rings. The van der Waals surface area contributed by atoms with Crippen molar-refractivity contribution in [1.82, 2.24) is 0 Å². The first kappa shape index (κ1) is 39.2. The Balaban J connectivity index is 1.17. The quantitative estimate of drug-likeness (QED) is 0.0935. The summed E-state index contributed by atoms with van der Waals surface area (Å²) >= 11 is 0. The first-order chi connectivity index (χ1) is 30.9.